The Bertz CT molecular complexity index is 1050. The minimum atomic E-state index is -0.360. The lowest BCUT2D eigenvalue weighted by Gasteiger charge is -2.29. The molecule has 1 aliphatic rings. The van der Waals surface area contributed by atoms with Gasteiger partial charge in [0.1, 0.15) is 5.75 Å². The Labute approximate surface area is 170 Å². The first-order valence-electron chi connectivity index (χ1n) is 9.61. The molecule has 1 amide bonds. The van der Waals surface area contributed by atoms with E-state index >= 15 is 0 Å². The number of carbonyl (C=O) groups excluding carboxylic acids is 1. The van der Waals surface area contributed by atoms with E-state index in [1.807, 2.05) is 48.5 Å². The molecule has 0 spiro atoms. The normalized spacial score (nSPS) is 16.2. The van der Waals surface area contributed by atoms with Crippen molar-refractivity contribution in [2.24, 2.45) is 0 Å². The minimum absolute atomic E-state index is 0.0416. The van der Waals surface area contributed by atoms with Crippen LogP contribution in [-0.4, -0.2) is 28.3 Å². The molecule has 0 bridgehead atoms. The molecule has 0 saturated heterocycles. The molecule has 1 atom stereocenters. The number of aromatic amines is 1. The monoisotopic (exact) mass is 391 g/mol. The molecule has 0 radical (unpaired) electrons. The van der Waals surface area contributed by atoms with Crippen molar-refractivity contribution < 1.29 is 14.6 Å². The van der Waals surface area contributed by atoms with E-state index in [-0.39, 0.29) is 24.0 Å². The number of aliphatic hydroxyl groups is 1. The van der Waals surface area contributed by atoms with E-state index in [4.69, 9.17) is 4.74 Å². The van der Waals surface area contributed by atoms with Crippen molar-refractivity contribution in [3.63, 3.8) is 0 Å². The lowest BCUT2D eigenvalue weighted by atomic mass is 9.85. The van der Waals surface area contributed by atoms with Crippen LogP contribution in [0, 0.1) is 0 Å². The number of ether oxygens (including phenoxy) is 1. The van der Waals surface area contributed by atoms with Crippen LogP contribution in [-0.2, 0) is 12.0 Å². The third-order valence-corrected chi connectivity index (χ3v) is 5.34. The fourth-order valence-corrected chi connectivity index (χ4v) is 3.93. The Morgan fingerprint density at radius 2 is 1.83 bits per heavy atom. The maximum atomic E-state index is 13.4. The zero-order valence-electron chi connectivity index (χ0n) is 17.1. The van der Waals surface area contributed by atoms with Gasteiger partial charge in [-0.25, -0.2) is 0 Å². The number of methoxy groups -OCH3 is 1. The maximum Gasteiger partial charge on any atom is 0.280 e. The number of para-hydroxylation sites is 1. The number of rotatable bonds is 4. The zero-order valence-corrected chi connectivity index (χ0v) is 17.1. The molecule has 0 aliphatic carbocycles. The number of hydrogen-bond donors (Lipinski definition) is 2. The highest BCUT2D eigenvalue weighted by Gasteiger charge is 2.45. The molecule has 1 aliphatic heterocycles. The zero-order chi connectivity index (χ0) is 20.8. The van der Waals surface area contributed by atoms with Crippen molar-refractivity contribution in [3.05, 3.63) is 76.6 Å². The standard InChI is InChI=1S/C23H25N3O3/c1-23(2,3)21-18-19(24-25-21)22(28)26(15-11-9-14(13-27)10-12-15)20(18)16-7-5-6-8-17(16)29-4/h5-12,20,27H,13H2,1-4H3,(H,24,25)/t20-/m0/s1. The van der Waals surface area contributed by atoms with Crippen LogP contribution in [0.15, 0.2) is 48.5 Å². The van der Waals surface area contributed by atoms with Gasteiger partial charge in [-0.3, -0.25) is 14.8 Å². The van der Waals surface area contributed by atoms with Crippen molar-refractivity contribution in [1.29, 1.82) is 0 Å². The lowest BCUT2D eigenvalue weighted by Crippen LogP contribution is -2.30. The van der Waals surface area contributed by atoms with Crippen molar-refractivity contribution in [1.82, 2.24) is 10.2 Å². The van der Waals surface area contributed by atoms with Gasteiger partial charge in [-0.05, 0) is 23.8 Å². The topological polar surface area (TPSA) is 78.5 Å². The fraction of sp³-hybridized carbons (Fsp3) is 0.304. The van der Waals surface area contributed by atoms with E-state index in [9.17, 15) is 9.90 Å². The second-order valence-corrected chi connectivity index (χ2v) is 8.26. The van der Waals surface area contributed by atoms with Crippen LogP contribution in [0.1, 0.15) is 59.7 Å². The molecule has 0 fully saturated rings. The number of H-pyrrole nitrogens is 1. The Kier molecular flexibility index (Phi) is 4.67. The lowest BCUT2D eigenvalue weighted by molar-refractivity contribution is 0.0988. The van der Waals surface area contributed by atoms with Crippen molar-refractivity contribution >= 4 is 11.6 Å². The molecule has 6 heteroatoms. The van der Waals surface area contributed by atoms with Gasteiger partial charge in [0.25, 0.3) is 5.91 Å². The smallest absolute Gasteiger partial charge is 0.280 e. The largest absolute Gasteiger partial charge is 0.496 e. The second-order valence-electron chi connectivity index (χ2n) is 8.26. The van der Waals surface area contributed by atoms with Gasteiger partial charge in [0.15, 0.2) is 5.69 Å². The van der Waals surface area contributed by atoms with E-state index in [0.717, 1.165) is 33.8 Å². The first-order chi connectivity index (χ1) is 13.9. The summed E-state index contributed by atoms with van der Waals surface area (Å²) < 4.78 is 5.63. The van der Waals surface area contributed by atoms with Crippen LogP contribution in [0.25, 0.3) is 0 Å². The van der Waals surface area contributed by atoms with E-state index in [1.165, 1.54) is 0 Å². The number of amides is 1. The number of anilines is 1. The summed E-state index contributed by atoms with van der Waals surface area (Å²) in [6, 6.07) is 14.8. The summed E-state index contributed by atoms with van der Waals surface area (Å²) in [4.78, 5) is 15.2. The van der Waals surface area contributed by atoms with E-state index in [0.29, 0.717) is 5.69 Å². The summed E-state index contributed by atoms with van der Waals surface area (Å²) in [5.74, 6) is 0.565. The Morgan fingerprint density at radius 1 is 1.14 bits per heavy atom. The first kappa shape index (κ1) is 19.2. The summed E-state index contributed by atoms with van der Waals surface area (Å²) >= 11 is 0. The van der Waals surface area contributed by atoms with Gasteiger partial charge >= 0.3 is 0 Å². The molecule has 2 N–H and O–H groups in total. The van der Waals surface area contributed by atoms with Crippen molar-refractivity contribution in [3.8, 4) is 5.75 Å². The second kappa shape index (κ2) is 7.04. The molecule has 0 unspecified atom stereocenters. The highest BCUT2D eigenvalue weighted by molar-refractivity contribution is 6.10. The van der Waals surface area contributed by atoms with Crippen molar-refractivity contribution in [2.75, 3.05) is 12.0 Å². The van der Waals surface area contributed by atoms with Gasteiger partial charge in [0, 0.05) is 27.9 Å². The number of nitrogens with zero attached hydrogens (tertiary/aromatic N) is 2. The van der Waals surface area contributed by atoms with Crippen LogP contribution >= 0.6 is 0 Å². The molecule has 1 aromatic heterocycles. The first-order valence-corrected chi connectivity index (χ1v) is 9.61. The summed E-state index contributed by atoms with van der Waals surface area (Å²) in [6.07, 6.45) is 0. The maximum absolute atomic E-state index is 13.4. The van der Waals surface area contributed by atoms with Crippen LogP contribution < -0.4 is 9.64 Å². The summed E-state index contributed by atoms with van der Waals surface area (Å²) in [7, 11) is 1.64. The predicted octanol–water partition coefficient (Wildman–Crippen LogP) is 3.96. The minimum Gasteiger partial charge on any atom is -0.496 e. The molecular formula is C23H25N3O3. The predicted molar refractivity (Wildman–Crippen MR) is 111 cm³/mol. The highest BCUT2D eigenvalue weighted by Crippen LogP contribution is 2.47. The van der Waals surface area contributed by atoms with Gasteiger partial charge in [-0.15, -0.1) is 0 Å². The van der Waals surface area contributed by atoms with Gasteiger partial charge in [0.05, 0.1) is 19.8 Å². The van der Waals surface area contributed by atoms with Gasteiger partial charge < -0.3 is 9.84 Å². The van der Waals surface area contributed by atoms with Crippen LogP contribution in [0.2, 0.25) is 0 Å². The van der Waals surface area contributed by atoms with Gasteiger partial charge in [0.2, 0.25) is 0 Å². The van der Waals surface area contributed by atoms with Crippen molar-refractivity contribution in [2.45, 2.75) is 38.8 Å². The molecular weight excluding hydrogens is 366 g/mol. The number of carbonyl (C=O) groups is 1. The Morgan fingerprint density at radius 3 is 2.45 bits per heavy atom. The number of nitrogens with one attached hydrogen (secondary N) is 1. The van der Waals surface area contributed by atoms with Crippen LogP contribution in [0.3, 0.4) is 0 Å². The average Bonchev–Trinajstić information content (AvgIpc) is 3.27. The number of aliphatic hydroxyl groups excluding tert-OH is 1. The molecule has 3 aromatic rings. The summed E-state index contributed by atoms with van der Waals surface area (Å²) in [5, 5.41) is 16.9. The molecule has 6 nitrogen and oxygen atoms in total. The summed E-state index contributed by atoms with van der Waals surface area (Å²) in [5.41, 5.74) is 4.50. The fourth-order valence-electron chi connectivity index (χ4n) is 3.93. The number of aromatic nitrogens is 2. The Balaban J connectivity index is 1.95. The number of hydrogen-bond acceptors (Lipinski definition) is 4. The average molecular weight is 391 g/mol. The number of fused-ring (bicyclic) bond motifs is 1. The van der Waals surface area contributed by atoms with Crippen LogP contribution in [0.5, 0.6) is 5.75 Å². The SMILES string of the molecule is COc1ccccc1[C@H]1c2c(n[nH]c2C(C)(C)C)C(=O)N1c1ccc(CO)cc1. The van der Waals surface area contributed by atoms with Gasteiger partial charge in [-0.1, -0.05) is 51.1 Å². The van der Waals surface area contributed by atoms with Crippen LogP contribution in [0.4, 0.5) is 5.69 Å². The molecule has 2 aromatic carbocycles. The Hall–Kier alpha value is -3.12. The van der Waals surface area contributed by atoms with E-state index in [1.54, 1.807) is 12.0 Å². The third-order valence-electron chi connectivity index (χ3n) is 5.34. The molecule has 4 rings (SSSR count). The molecule has 2 heterocycles. The van der Waals surface area contributed by atoms with E-state index in [2.05, 4.69) is 31.0 Å². The number of benzene rings is 2. The summed E-state index contributed by atoms with van der Waals surface area (Å²) in [6.45, 7) is 6.26. The quantitative estimate of drug-likeness (QED) is 0.706. The molecule has 150 valence electrons. The third kappa shape index (κ3) is 3.09. The molecule has 29 heavy (non-hydrogen) atoms. The van der Waals surface area contributed by atoms with E-state index < -0.39 is 0 Å². The van der Waals surface area contributed by atoms with Gasteiger partial charge in [-0.2, -0.15) is 5.10 Å². The highest BCUT2D eigenvalue weighted by atomic mass is 16.5. The molecule has 0 saturated carbocycles.